The second-order valence-corrected chi connectivity index (χ2v) is 10.2. The first-order chi connectivity index (χ1) is 18.4. The lowest BCUT2D eigenvalue weighted by Gasteiger charge is -2.36. The second kappa shape index (κ2) is 15.3. The zero-order valence-corrected chi connectivity index (χ0v) is 23.5. The van der Waals surface area contributed by atoms with Crippen LogP contribution in [0.4, 0.5) is 11.6 Å². The van der Waals surface area contributed by atoms with E-state index in [1.54, 1.807) is 24.5 Å². The third-order valence-corrected chi connectivity index (χ3v) is 6.94. The molecule has 0 amide bonds. The highest BCUT2D eigenvalue weighted by Gasteiger charge is 2.21. The first kappa shape index (κ1) is 29.4. The Bertz CT molecular complexity index is 907. The summed E-state index contributed by atoms with van der Waals surface area (Å²) in [5.41, 5.74) is 0.959. The molecule has 2 atom stereocenters. The quantitative estimate of drug-likeness (QED) is 0.218. The molecule has 208 valence electrons. The maximum Gasteiger partial charge on any atom is 0.339 e. The van der Waals surface area contributed by atoms with Gasteiger partial charge in [-0.2, -0.15) is 0 Å². The molecule has 8 nitrogen and oxygen atoms in total. The highest BCUT2D eigenvalue weighted by atomic mass is 16.5. The van der Waals surface area contributed by atoms with Gasteiger partial charge in [-0.3, -0.25) is 0 Å². The number of carbonyl (C=O) groups is 2. The van der Waals surface area contributed by atoms with E-state index in [1.165, 1.54) is 0 Å². The maximum absolute atomic E-state index is 12.4. The van der Waals surface area contributed by atoms with Crippen LogP contribution in [-0.2, 0) is 9.47 Å². The Morgan fingerprint density at radius 1 is 0.711 bits per heavy atom. The Hall–Kier alpha value is -3.16. The van der Waals surface area contributed by atoms with Crippen LogP contribution in [0.25, 0.3) is 0 Å². The SMILES string of the molecule is CCCCC[C@@H](C)OC(=O)c1ccc(N2CCN(c3ccc(C(=O)O[C@H](C)CCCCC)cn3)CC2)nc1. The molecule has 1 aliphatic rings. The molecule has 2 aromatic rings. The number of anilines is 2. The van der Waals surface area contributed by atoms with Gasteiger partial charge in [0.15, 0.2) is 0 Å². The molecule has 0 radical (unpaired) electrons. The minimum absolute atomic E-state index is 0.0887. The first-order valence-electron chi connectivity index (χ1n) is 14.2. The summed E-state index contributed by atoms with van der Waals surface area (Å²) >= 11 is 0. The fraction of sp³-hybridized carbons (Fsp3) is 0.600. The van der Waals surface area contributed by atoms with E-state index in [-0.39, 0.29) is 24.1 Å². The first-order valence-corrected chi connectivity index (χ1v) is 14.2. The van der Waals surface area contributed by atoms with Crippen molar-refractivity contribution in [1.82, 2.24) is 9.97 Å². The molecular weight excluding hydrogens is 480 g/mol. The standard InChI is InChI=1S/C30H44N4O4/c1-5-7-9-11-23(3)37-29(35)25-13-15-27(31-21-25)33-17-19-34(20-18-33)28-16-14-26(22-32-28)30(36)38-24(4)12-10-8-6-2/h13-16,21-24H,5-12,17-20H2,1-4H3/t23-,24-/m1/s1. The van der Waals surface area contributed by atoms with Crippen molar-refractivity contribution >= 4 is 23.6 Å². The van der Waals surface area contributed by atoms with Crippen molar-refractivity contribution < 1.29 is 19.1 Å². The number of hydrogen-bond acceptors (Lipinski definition) is 8. The van der Waals surface area contributed by atoms with Gasteiger partial charge in [0.1, 0.15) is 11.6 Å². The Kier molecular flexibility index (Phi) is 11.8. The summed E-state index contributed by atoms with van der Waals surface area (Å²) in [6.45, 7) is 11.3. The number of rotatable bonds is 14. The number of pyridine rings is 2. The highest BCUT2D eigenvalue weighted by molar-refractivity contribution is 5.89. The van der Waals surface area contributed by atoms with Crippen LogP contribution in [0.3, 0.4) is 0 Å². The van der Waals surface area contributed by atoms with E-state index in [0.717, 1.165) is 89.2 Å². The van der Waals surface area contributed by atoms with Gasteiger partial charge in [0.25, 0.3) is 0 Å². The number of ether oxygens (including phenoxy) is 2. The van der Waals surface area contributed by atoms with Gasteiger partial charge in [0.05, 0.1) is 23.3 Å². The molecule has 3 heterocycles. The zero-order valence-electron chi connectivity index (χ0n) is 23.5. The minimum atomic E-state index is -0.317. The van der Waals surface area contributed by atoms with E-state index in [9.17, 15) is 9.59 Å². The summed E-state index contributed by atoms with van der Waals surface area (Å²) in [4.78, 5) is 38.3. The molecular formula is C30H44N4O4. The molecule has 0 aliphatic carbocycles. The maximum atomic E-state index is 12.4. The van der Waals surface area contributed by atoms with Crippen LogP contribution in [0.15, 0.2) is 36.7 Å². The fourth-order valence-electron chi connectivity index (χ4n) is 4.54. The Morgan fingerprint density at radius 2 is 1.11 bits per heavy atom. The van der Waals surface area contributed by atoms with Crippen molar-refractivity contribution in [2.24, 2.45) is 0 Å². The molecule has 1 fully saturated rings. The van der Waals surface area contributed by atoms with Crippen molar-refractivity contribution in [3.8, 4) is 0 Å². The molecule has 0 aromatic carbocycles. The number of piperazine rings is 1. The van der Waals surface area contributed by atoms with E-state index in [0.29, 0.717) is 11.1 Å². The molecule has 0 spiro atoms. The van der Waals surface area contributed by atoms with Gasteiger partial charge in [-0.05, 0) is 63.8 Å². The van der Waals surface area contributed by atoms with Gasteiger partial charge in [-0.1, -0.05) is 39.5 Å². The predicted octanol–water partition coefficient (Wildman–Crippen LogP) is 6.05. The predicted molar refractivity (Wildman–Crippen MR) is 151 cm³/mol. The summed E-state index contributed by atoms with van der Waals surface area (Å²) in [7, 11) is 0. The third kappa shape index (κ3) is 8.99. The van der Waals surface area contributed by atoms with Crippen molar-refractivity contribution in [3.05, 3.63) is 47.8 Å². The summed E-state index contributed by atoms with van der Waals surface area (Å²) in [5.74, 6) is 1.05. The summed E-state index contributed by atoms with van der Waals surface area (Å²) in [6.07, 6.45) is 11.5. The monoisotopic (exact) mass is 524 g/mol. The molecule has 0 saturated carbocycles. The highest BCUT2D eigenvalue weighted by Crippen LogP contribution is 2.19. The van der Waals surface area contributed by atoms with E-state index in [1.807, 2.05) is 26.0 Å². The molecule has 0 bridgehead atoms. The van der Waals surface area contributed by atoms with Crippen LogP contribution < -0.4 is 9.80 Å². The lowest BCUT2D eigenvalue weighted by molar-refractivity contribution is 0.0309. The number of esters is 2. The summed E-state index contributed by atoms with van der Waals surface area (Å²) < 4.78 is 11.1. The number of aromatic nitrogens is 2. The van der Waals surface area contributed by atoms with Crippen LogP contribution in [-0.4, -0.2) is 60.3 Å². The van der Waals surface area contributed by atoms with Gasteiger partial charge < -0.3 is 19.3 Å². The minimum Gasteiger partial charge on any atom is -0.459 e. The lowest BCUT2D eigenvalue weighted by atomic mass is 10.1. The molecule has 8 heteroatoms. The van der Waals surface area contributed by atoms with Crippen LogP contribution >= 0.6 is 0 Å². The number of hydrogen-bond donors (Lipinski definition) is 0. The van der Waals surface area contributed by atoms with E-state index in [4.69, 9.17) is 9.47 Å². The van der Waals surface area contributed by atoms with Crippen molar-refractivity contribution in [3.63, 3.8) is 0 Å². The van der Waals surface area contributed by atoms with E-state index >= 15 is 0 Å². The van der Waals surface area contributed by atoms with Gasteiger partial charge >= 0.3 is 11.9 Å². The van der Waals surface area contributed by atoms with Gasteiger partial charge in [0, 0.05) is 38.6 Å². The molecule has 1 aliphatic heterocycles. The second-order valence-electron chi connectivity index (χ2n) is 10.2. The molecule has 3 rings (SSSR count). The lowest BCUT2D eigenvalue weighted by Crippen LogP contribution is -2.47. The van der Waals surface area contributed by atoms with E-state index in [2.05, 4.69) is 33.6 Å². The number of unbranched alkanes of at least 4 members (excludes halogenated alkanes) is 4. The van der Waals surface area contributed by atoms with Crippen molar-refractivity contribution in [1.29, 1.82) is 0 Å². The molecule has 0 N–H and O–H groups in total. The van der Waals surface area contributed by atoms with Gasteiger partial charge in [-0.15, -0.1) is 0 Å². The molecule has 0 unspecified atom stereocenters. The normalized spacial score (nSPS) is 15.2. The van der Waals surface area contributed by atoms with Gasteiger partial charge in [-0.25, -0.2) is 19.6 Å². The van der Waals surface area contributed by atoms with Crippen LogP contribution in [0, 0.1) is 0 Å². The summed E-state index contributed by atoms with van der Waals surface area (Å²) in [6, 6.07) is 7.35. The zero-order chi connectivity index (χ0) is 27.3. The van der Waals surface area contributed by atoms with Crippen molar-refractivity contribution in [2.75, 3.05) is 36.0 Å². The molecule has 1 saturated heterocycles. The smallest absolute Gasteiger partial charge is 0.339 e. The van der Waals surface area contributed by atoms with E-state index < -0.39 is 0 Å². The Morgan fingerprint density at radius 3 is 1.42 bits per heavy atom. The van der Waals surface area contributed by atoms with Crippen LogP contribution in [0.1, 0.15) is 99.8 Å². The topological polar surface area (TPSA) is 84.9 Å². The summed E-state index contributed by atoms with van der Waals surface area (Å²) in [5, 5.41) is 0. The number of nitrogens with zero attached hydrogens (tertiary/aromatic N) is 4. The van der Waals surface area contributed by atoms with Crippen LogP contribution in [0.5, 0.6) is 0 Å². The average molecular weight is 525 g/mol. The Labute approximate surface area is 227 Å². The third-order valence-electron chi connectivity index (χ3n) is 6.94. The average Bonchev–Trinajstić information content (AvgIpc) is 2.93. The number of carbonyl (C=O) groups excluding carboxylic acids is 2. The van der Waals surface area contributed by atoms with Crippen LogP contribution in [0.2, 0.25) is 0 Å². The Balaban J connectivity index is 1.45. The molecule has 2 aromatic heterocycles. The van der Waals surface area contributed by atoms with Gasteiger partial charge in [0.2, 0.25) is 0 Å². The molecule has 38 heavy (non-hydrogen) atoms. The fourth-order valence-corrected chi connectivity index (χ4v) is 4.54. The largest absolute Gasteiger partial charge is 0.459 e. The van der Waals surface area contributed by atoms with Crippen molar-refractivity contribution in [2.45, 2.75) is 91.3 Å².